The summed E-state index contributed by atoms with van der Waals surface area (Å²) in [6, 6.07) is 13.8. The first kappa shape index (κ1) is 17.2. The summed E-state index contributed by atoms with van der Waals surface area (Å²) in [7, 11) is 0. The third-order valence-corrected chi connectivity index (χ3v) is 3.38. The third-order valence-electron chi connectivity index (χ3n) is 3.38. The van der Waals surface area contributed by atoms with E-state index in [1.165, 1.54) is 35.3 Å². The summed E-state index contributed by atoms with van der Waals surface area (Å²) in [5.41, 5.74) is 0.881. The number of carbonyl (C=O) groups excluding carboxylic acids is 2. The van der Waals surface area contributed by atoms with Gasteiger partial charge in [-0.25, -0.2) is 9.07 Å². The molecule has 0 fully saturated rings. The third kappa shape index (κ3) is 4.47. The number of tetrazole rings is 1. The molecule has 0 aliphatic rings. The van der Waals surface area contributed by atoms with Crippen LogP contribution < -0.4 is 5.32 Å². The minimum Gasteiger partial charge on any atom is -0.446 e. The van der Waals surface area contributed by atoms with Gasteiger partial charge in [0.1, 0.15) is 18.7 Å². The van der Waals surface area contributed by atoms with Crippen molar-refractivity contribution in [2.45, 2.75) is 12.6 Å². The molecule has 1 heterocycles. The fourth-order valence-electron chi connectivity index (χ4n) is 2.20. The number of esters is 1. The molecule has 26 heavy (non-hydrogen) atoms. The Bertz CT molecular complexity index is 869. The molecule has 0 aliphatic carbocycles. The van der Waals surface area contributed by atoms with E-state index in [4.69, 9.17) is 4.74 Å². The molecule has 0 bridgehead atoms. The molecule has 132 valence electrons. The molecule has 1 atom stereocenters. The summed E-state index contributed by atoms with van der Waals surface area (Å²) in [4.78, 5) is 24.7. The zero-order chi connectivity index (χ0) is 18.4. The van der Waals surface area contributed by atoms with E-state index in [-0.39, 0.29) is 6.54 Å². The minimum atomic E-state index is -1.18. The number of aromatic nitrogens is 4. The normalized spacial score (nSPS) is 11.6. The van der Waals surface area contributed by atoms with Crippen molar-refractivity contribution < 1.29 is 18.7 Å². The molecule has 9 heteroatoms. The Balaban J connectivity index is 1.75. The molecule has 1 aromatic heterocycles. The van der Waals surface area contributed by atoms with Gasteiger partial charge in [0.25, 0.3) is 5.91 Å². The molecule has 3 aromatic rings. The fourth-order valence-corrected chi connectivity index (χ4v) is 2.20. The van der Waals surface area contributed by atoms with Gasteiger partial charge in [-0.1, -0.05) is 30.3 Å². The van der Waals surface area contributed by atoms with Gasteiger partial charge in [-0.15, -0.1) is 5.10 Å². The summed E-state index contributed by atoms with van der Waals surface area (Å²) in [6.45, 7) is -0.236. The number of amides is 1. The highest BCUT2D eigenvalue weighted by Gasteiger charge is 2.25. The van der Waals surface area contributed by atoms with Crippen molar-refractivity contribution in [1.82, 2.24) is 20.2 Å². The van der Waals surface area contributed by atoms with E-state index >= 15 is 0 Å². The van der Waals surface area contributed by atoms with Crippen molar-refractivity contribution in [3.8, 4) is 0 Å². The van der Waals surface area contributed by atoms with Crippen LogP contribution in [0.3, 0.4) is 0 Å². The minimum absolute atomic E-state index is 0.236. The van der Waals surface area contributed by atoms with Crippen LogP contribution in [0.4, 0.5) is 10.1 Å². The van der Waals surface area contributed by atoms with Gasteiger partial charge in [0.2, 0.25) is 6.10 Å². The van der Waals surface area contributed by atoms with E-state index in [0.29, 0.717) is 11.3 Å². The first-order valence-electron chi connectivity index (χ1n) is 7.63. The molecule has 2 aromatic carbocycles. The maximum atomic E-state index is 13.0. The van der Waals surface area contributed by atoms with Crippen molar-refractivity contribution in [3.63, 3.8) is 0 Å². The van der Waals surface area contributed by atoms with E-state index in [0.717, 1.165) is 0 Å². The highest BCUT2D eigenvalue weighted by molar-refractivity contribution is 5.96. The number of nitrogens with one attached hydrogen (secondary N) is 1. The predicted molar refractivity (Wildman–Crippen MR) is 88.1 cm³/mol. The molecule has 0 saturated carbocycles. The average Bonchev–Trinajstić information content (AvgIpc) is 3.15. The molecule has 0 saturated heterocycles. The Kier molecular flexibility index (Phi) is 5.28. The van der Waals surface area contributed by atoms with Crippen LogP contribution >= 0.6 is 0 Å². The summed E-state index contributed by atoms with van der Waals surface area (Å²) < 4.78 is 19.5. The van der Waals surface area contributed by atoms with Crippen LogP contribution in [0, 0.1) is 5.82 Å². The van der Waals surface area contributed by atoms with Gasteiger partial charge in [0.05, 0.1) is 0 Å². The predicted octanol–water partition coefficient (Wildman–Crippen LogP) is 1.74. The van der Waals surface area contributed by atoms with Gasteiger partial charge < -0.3 is 10.1 Å². The van der Waals surface area contributed by atoms with Crippen LogP contribution in [0.1, 0.15) is 11.7 Å². The Hall–Kier alpha value is -3.62. The number of nitrogens with zero attached hydrogens (tertiary/aromatic N) is 4. The molecule has 1 N–H and O–H groups in total. The van der Waals surface area contributed by atoms with E-state index in [1.54, 1.807) is 30.3 Å². The lowest BCUT2D eigenvalue weighted by molar-refractivity contribution is -0.155. The van der Waals surface area contributed by atoms with Crippen molar-refractivity contribution >= 4 is 17.6 Å². The van der Waals surface area contributed by atoms with E-state index in [2.05, 4.69) is 20.8 Å². The zero-order valence-electron chi connectivity index (χ0n) is 13.4. The molecule has 0 radical (unpaired) electrons. The van der Waals surface area contributed by atoms with Gasteiger partial charge in [0, 0.05) is 11.3 Å². The summed E-state index contributed by atoms with van der Waals surface area (Å²) >= 11 is 0. The Morgan fingerprint density at radius 2 is 1.85 bits per heavy atom. The second kappa shape index (κ2) is 7.97. The molecular formula is C17H14FN5O3. The zero-order valence-corrected chi connectivity index (χ0v) is 13.4. The molecule has 1 amide bonds. The summed E-state index contributed by atoms with van der Waals surface area (Å²) in [6.07, 6.45) is 0.0856. The topological polar surface area (TPSA) is 99.0 Å². The standard InChI is InChI=1S/C17H14FN5O3/c18-13-6-8-14(9-7-13)20-17(25)16(12-4-2-1-3-5-12)26-15(24)10-23-11-19-21-22-23/h1-9,11,16H,10H2,(H,20,25)/t16-/m0/s1. The van der Waals surface area contributed by atoms with Crippen molar-refractivity contribution in [3.05, 3.63) is 72.3 Å². The lowest BCUT2D eigenvalue weighted by atomic mass is 10.1. The van der Waals surface area contributed by atoms with E-state index in [1.807, 2.05) is 0 Å². The average molecular weight is 355 g/mol. The number of hydrogen-bond acceptors (Lipinski definition) is 6. The SMILES string of the molecule is O=C(Cn1cnnn1)O[C@H](C(=O)Nc1ccc(F)cc1)c1ccccc1. The van der Waals surface area contributed by atoms with Crippen LogP contribution in [-0.2, 0) is 20.9 Å². The molecule has 0 unspecified atom stereocenters. The number of ether oxygens (including phenoxy) is 1. The highest BCUT2D eigenvalue weighted by atomic mass is 19.1. The van der Waals surface area contributed by atoms with Crippen LogP contribution in [0.15, 0.2) is 60.9 Å². The number of carbonyl (C=O) groups is 2. The van der Waals surface area contributed by atoms with Gasteiger partial charge >= 0.3 is 5.97 Å². The van der Waals surface area contributed by atoms with Gasteiger partial charge in [-0.05, 0) is 34.7 Å². The molecular weight excluding hydrogens is 341 g/mol. The summed E-state index contributed by atoms with van der Waals surface area (Å²) in [5.74, 6) is -1.66. The lowest BCUT2D eigenvalue weighted by Crippen LogP contribution is -2.27. The highest BCUT2D eigenvalue weighted by Crippen LogP contribution is 2.20. The number of rotatable bonds is 6. The first-order valence-corrected chi connectivity index (χ1v) is 7.63. The Labute approximate surface area is 147 Å². The van der Waals surface area contributed by atoms with Crippen LogP contribution in [0.2, 0.25) is 0 Å². The molecule has 0 aliphatic heterocycles. The summed E-state index contributed by atoms with van der Waals surface area (Å²) in [5, 5.41) is 13.0. The molecule has 8 nitrogen and oxygen atoms in total. The van der Waals surface area contributed by atoms with Crippen LogP contribution in [0.5, 0.6) is 0 Å². The number of benzene rings is 2. The Morgan fingerprint density at radius 1 is 1.12 bits per heavy atom. The monoisotopic (exact) mass is 355 g/mol. The maximum absolute atomic E-state index is 13.0. The van der Waals surface area contributed by atoms with Crippen molar-refractivity contribution in [2.75, 3.05) is 5.32 Å². The lowest BCUT2D eigenvalue weighted by Gasteiger charge is -2.18. The number of anilines is 1. The second-order valence-corrected chi connectivity index (χ2v) is 5.28. The first-order chi connectivity index (χ1) is 12.6. The van der Waals surface area contributed by atoms with Gasteiger partial charge in [0.15, 0.2) is 0 Å². The largest absolute Gasteiger partial charge is 0.446 e. The van der Waals surface area contributed by atoms with E-state index in [9.17, 15) is 14.0 Å². The van der Waals surface area contributed by atoms with Gasteiger partial charge in [-0.3, -0.25) is 9.59 Å². The van der Waals surface area contributed by atoms with Gasteiger partial charge in [-0.2, -0.15) is 0 Å². The molecule has 3 rings (SSSR count). The fraction of sp³-hybridized carbons (Fsp3) is 0.118. The molecule has 0 spiro atoms. The number of halogens is 1. The Morgan fingerprint density at radius 3 is 2.50 bits per heavy atom. The quantitative estimate of drug-likeness (QED) is 0.676. The maximum Gasteiger partial charge on any atom is 0.329 e. The van der Waals surface area contributed by atoms with Crippen molar-refractivity contribution in [1.29, 1.82) is 0 Å². The smallest absolute Gasteiger partial charge is 0.329 e. The second-order valence-electron chi connectivity index (χ2n) is 5.28. The van der Waals surface area contributed by atoms with Crippen molar-refractivity contribution in [2.24, 2.45) is 0 Å². The van der Waals surface area contributed by atoms with E-state index < -0.39 is 23.8 Å². The van der Waals surface area contributed by atoms with Crippen LogP contribution in [-0.4, -0.2) is 32.1 Å². The number of hydrogen-bond donors (Lipinski definition) is 1. The van der Waals surface area contributed by atoms with Crippen LogP contribution in [0.25, 0.3) is 0 Å².